The molecule has 0 spiro atoms. The van der Waals surface area contributed by atoms with E-state index in [1.807, 2.05) is 6.20 Å². The van der Waals surface area contributed by atoms with Gasteiger partial charge < -0.3 is 0 Å². The highest BCUT2D eigenvalue weighted by atomic mass is 19.1. The summed E-state index contributed by atoms with van der Waals surface area (Å²) in [5.41, 5.74) is 7.25. The van der Waals surface area contributed by atoms with Gasteiger partial charge in [-0.3, -0.25) is 25.0 Å². The maximum atomic E-state index is 12.9. The van der Waals surface area contributed by atoms with Crippen LogP contribution in [0.25, 0.3) is 6.20 Å². The zero-order chi connectivity index (χ0) is 17.6. The Morgan fingerprint density at radius 2 is 1.76 bits per heavy atom. The molecule has 1 amide bonds. The van der Waals surface area contributed by atoms with Crippen molar-refractivity contribution < 1.29 is 9.18 Å². The maximum absolute atomic E-state index is 12.9. The van der Waals surface area contributed by atoms with Crippen molar-refractivity contribution >= 4 is 17.8 Å². The van der Waals surface area contributed by atoms with Gasteiger partial charge in [0.15, 0.2) is 0 Å². The molecule has 1 fully saturated rings. The number of hydrazine groups is 1. The van der Waals surface area contributed by atoms with Gasteiger partial charge in [-0.25, -0.2) is 4.39 Å². The molecular formula is C19H20FN3O2. The number of nitrogens with zero attached hydrogens (tertiary/aromatic N) is 1. The van der Waals surface area contributed by atoms with E-state index >= 15 is 0 Å². The van der Waals surface area contributed by atoms with E-state index in [9.17, 15) is 14.0 Å². The van der Waals surface area contributed by atoms with E-state index < -0.39 is 0 Å². The van der Waals surface area contributed by atoms with Gasteiger partial charge in [0, 0.05) is 18.5 Å². The van der Waals surface area contributed by atoms with E-state index in [1.165, 1.54) is 59.2 Å². The highest BCUT2D eigenvalue weighted by molar-refractivity contribution is 5.94. The average Bonchev–Trinajstić information content (AvgIpc) is 2.64. The standard InChI is InChI=1S/C19H20FN3O2/c20-16-7-9-17(10-8-16)21-22-19(25)15-6-11-18(24)23(13-15)12-14-4-2-1-3-5-14/h6-13,21H,1-5H2,(H,22,25). The van der Waals surface area contributed by atoms with Gasteiger partial charge in [-0.1, -0.05) is 12.0 Å². The van der Waals surface area contributed by atoms with Crippen LogP contribution in [0.4, 0.5) is 10.1 Å². The van der Waals surface area contributed by atoms with Crippen molar-refractivity contribution in [1.29, 1.82) is 0 Å². The summed E-state index contributed by atoms with van der Waals surface area (Å²) in [4.78, 5) is 24.3. The molecule has 1 aliphatic carbocycles. The van der Waals surface area contributed by atoms with Crippen LogP contribution in [0.15, 0.2) is 53.0 Å². The van der Waals surface area contributed by atoms with Crippen LogP contribution in [0.3, 0.4) is 0 Å². The number of allylic oxidation sites excluding steroid dienone is 1. The van der Waals surface area contributed by atoms with Crippen LogP contribution < -0.4 is 16.4 Å². The molecule has 2 aromatic rings. The monoisotopic (exact) mass is 341 g/mol. The fourth-order valence-corrected chi connectivity index (χ4v) is 2.80. The molecule has 0 radical (unpaired) electrons. The van der Waals surface area contributed by atoms with Crippen molar-refractivity contribution in [2.45, 2.75) is 32.1 Å². The number of pyridine rings is 1. The van der Waals surface area contributed by atoms with Crippen molar-refractivity contribution in [2.75, 3.05) is 5.43 Å². The highest BCUT2D eigenvalue weighted by Crippen LogP contribution is 2.23. The highest BCUT2D eigenvalue weighted by Gasteiger charge is 2.09. The number of halogens is 1. The second-order valence-corrected chi connectivity index (χ2v) is 6.10. The van der Waals surface area contributed by atoms with Gasteiger partial charge in [-0.15, -0.1) is 0 Å². The van der Waals surface area contributed by atoms with Crippen LogP contribution in [0.1, 0.15) is 42.5 Å². The lowest BCUT2D eigenvalue weighted by Crippen LogP contribution is -2.30. The number of carbonyl (C=O) groups is 1. The molecule has 0 unspecified atom stereocenters. The Hall–Kier alpha value is -2.89. The van der Waals surface area contributed by atoms with Gasteiger partial charge in [-0.05, 0) is 56.0 Å². The molecule has 0 aliphatic heterocycles. The van der Waals surface area contributed by atoms with Crippen LogP contribution in [-0.2, 0) is 0 Å². The Balaban J connectivity index is 1.71. The number of nitrogens with one attached hydrogen (secondary N) is 2. The summed E-state index contributed by atoms with van der Waals surface area (Å²) in [5, 5.41) is 0. The molecule has 3 rings (SSSR count). The summed E-state index contributed by atoms with van der Waals surface area (Å²) in [6.07, 6.45) is 8.87. The van der Waals surface area contributed by atoms with E-state index in [4.69, 9.17) is 0 Å². The zero-order valence-electron chi connectivity index (χ0n) is 13.8. The second-order valence-electron chi connectivity index (χ2n) is 6.10. The molecule has 0 saturated heterocycles. The number of amides is 1. The number of anilines is 1. The van der Waals surface area contributed by atoms with Crippen molar-refractivity contribution in [3.63, 3.8) is 0 Å². The van der Waals surface area contributed by atoms with Crippen LogP contribution in [0.5, 0.6) is 0 Å². The van der Waals surface area contributed by atoms with E-state index in [0.717, 1.165) is 25.7 Å². The van der Waals surface area contributed by atoms with Crippen LogP contribution in [0, 0.1) is 5.82 Å². The first kappa shape index (κ1) is 17.0. The van der Waals surface area contributed by atoms with Crippen molar-refractivity contribution in [1.82, 2.24) is 9.99 Å². The smallest absolute Gasteiger partial charge is 0.271 e. The lowest BCUT2D eigenvalue weighted by molar-refractivity contribution is 0.0962. The van der Waals surface area contributed by atoms with Gasteiger partial charge in [0.2, 0.25) is 0 Å². The maximum Gasteiger partial charge on any atom is 0.271 e. The summed E-state index contributed by atoms with van der Waals surface area (Å²) in [6, 6.07) is 8.50. The summed E-state index contributed by atoms with van der Waals surface area (Å²) < 4.78 is 14.3. The average molecular weight is 341 g/mol. The first-order valence-electron chi connectivity index (χ1n) is 8.35. The third kappa shape index (κ3) is 4.56. The van der Waals surface area contributed by atoms with Crippen molar-refractivity contribution in [3.05, 3.63) is 69.9 Å². The molecule has 0 bridgehead atoms. The van der Waals surface area contributed by atoms with Crippen molar-refractivity contribution in [3.8, 4) is 0 Å². The molecular weight excluding hydrogens is 321 g/mol. The summed E-state index contributed by atoms with van der Waals surface area (Å²) in [7, 11) is 0. The Morgan fingerprint density at radius 3 is 2.48 bits per heavy atom. The first-order chi connectivity index (χ1) is 12.1. The number of benzene rings is 1. The molecule has 6 heteroatoms. The Bertz CT molecular complexity index is 832. The molecule has 130 valence electrons. The van der Waals surface area contributed by atoms with Gasteiger partial charge in [0.25, 0.3) is 11.5 Å². The fraction of sp³-hybridized carbons (Fsp3) is 0.263. The van der Waals surface area contributed by atoms with Gasteiger partial charge in [0.1, 0.15) is 5.82 Å². The second kappa shape index (κ2) is 7.79. The van der Waals surface area contributed by atoms with Crippen LogP contribution in [-0.4, -0.2) is 10.5 Å². The van der Waals surface area contributed by atoms with Crippen molar-refractivity contribution in [2.24, 2.45) is 0 Å². The van der Waals surface area contributed by atoms with E-state index in [1.54, 1.807) is 0 Å². The van der Waals surface area contributed by atoms with E-state index in [2.05, 4.69) is 10.9 Å². The van der Waals surface area contributed by atoms with Gasteiger partial charge >= 0.3 is 0 Å². The molecule has 1 aromatic heterocycles. The molecule has 1 aliphatic rings. The van der Waals surface area contributed by atoms with Gasteiger partial charge in [0.05, 0.1) is 11.3 Å². The normalized spacial score (nSPS) is 14.0. The SMILES string of the molecule is O=C(NNc1ccc(F)cc1)c1ccc(=O)n(C=C2CCCCC2)c1. The molecule has 1 aromatic carbocycles. The molecule has 1 saturated carbocycles. The minimum Gasteiger partial charge on any atom is -0.298 e. The quantitative estimate of drug-likeness (QED) is 0.836. The number of hydrogen-bond acceptors (Lipinski definition) is 3. The number of hydrogen-bond donors (Lipinski definition) is 2. The van der Waals surface area contributed by atoms with E-state index in [-0.39, 0.29) is 17.3 Å². The zero-order valence-corrected chi connectivity index (χ0v) is 13.8. The molecule has 1 heterocycles. The largest absolute Gasteiger partial charge is 0.298 e. The van der Waals surface area contributed by atoms with Crippen LogP contribution in [0.2, 0.25) is 0 Å². The third-order valence-electron chi connectivity index (χ3n) is 4.18. The number of rotatable bonds is 4. The minimum atomic E-state index is -0.375. The summed E-state index contributed by atoms with van der Waals surface area (Å²) in [6.45, 7) is 0. The predicted molar refractivity (Wildman–Crippen MR) is 95.5 cm³/mol. The predicted octanol–water partition coefficient (Wildman–Crippen LogP) is 3.55. The number of aromatic nitrogens is 1. The molecule has 2 N–H and O–H groups in total. The topological polar surface area (TPSA) is 63.1 Å². The summed E-state index contributed by atoms with van der Waals surface area (Å²) in [5.74, 6) is -0.722. The Labute approximate surface area is 145 Å². The third-order valence-corrected chi connectivity index (χ3v) is 4.18. The van der Waals surface area contributed by atoms with Crippen LogP contribution >= 0.6 is 0 Å². The molecule has 25 heavy (non-hydrogen) atoms. The minimum absolute atomic E-state index is 0.166. The molecule has 5 nitrogen and oxygen atoms in total. The Kier molecular flexibility index (Phi) is 5.28. The molecule has 0 atom stereocenters. The number of carbonyl (C=O) groups excluding carboxylic acids is 1. The first-order valence-corrected chi connectivity index (χ1v) is 8.35. The lowest BCUT2D eigenvalue weighted by Gasteiger charge is -2.14. The fourth-order valence-electron chi connectivity index (χ4n) is 2.80. The van der Waals surface area contributed by atoms with E-state index in [0.29, 0.717) is 11.3 Å². The summed E-state index contributed by atoms with van der Waals surface area (Å²) >= 11 is 0. The lowest BCUT2D eigenvalue weighted by atomic mass is 9.96. The Morgan fingerprint density at radius 1 is 1.04 bits per heavy atom. The van der Waals surface area contributed by atoms with Gasteiger partial charge in [-0.2, -0.15) is 0 Å².